The molecule has 1 aromatic rings. The quantitative estimate of drug-likeness (QED) is 0.782. The van der Waals surface area contributed by atoms with Gasteiger partial charge in [0.05, 0.1) is 13.5 Å². The van der Waals surface area contributed by atoms with Crippen molar-refractivity contribution in [3.05, 3.63) is 35.4 Å². The van der Waals surface area contributed by atoms with Gasteiger partial charge in [-0.05, 0) is 29.7 Å². The highest BCUT2D eigenvalue weighted by Crippen LogP contribution is 2.29. The van der Waals surface area contributed by atoms with E-state index in [1.807, 2.05) is 18.2 Å². The number of carbonyl (C=O) groups is 2. The summed E-state index contributed by atoms with van der Waals surface area (Å²) in [6, 6.07) is 5.97. The van der Waals surface area contributed by atoms with Gasteiger partial charge in [-0.15, -0.1) is 0 Å². The Morgan fingerprint density at radius 2 is 2.21 bits per heavy atom. The number of ether oxygens (including phenoxy) is 1. The number of hydrogen-bond acceptors (Lipinski definition) is 3. The molecule has 1 aromatic carbocycles. The number of amides is 1. The van der Waals surface area contributed by atoms with Gasteiger partial charge in [0.25, 0.3) is 0 Å². The molecule has 0 radical (unpaired) electrons. The van der Waals surface area contributed by atoms with Crippen LogP contribution < -0.4 is 4.90 Å². The second-order valence-corrected chi connectivity index (χ2v) is 4.49. The van der Waals surface area contributed by atoms with Crippen molar-refractivity contribution in [2.75, 3.05) is 18.6 Å². The predicted molar refractivity (Wildman–Crippen MR) is 73.8 cm³/mol. The highest BCUT2D eigenvalue weighted by atomic mass is 16.5. The number of rotatable bonds is 3. The lowest BCUT2D eigenvalue weighted by Crippen LogP contribution is -2.25. The summed E-state index contributed by atoms with van der Waals surface area (Å²) in [6.45, 7) is 2.33. The first-order valence-electron chi connectivity index (χ1n) is 6.26. The normalized spacial score (nSPS) is 13.7. The van der Waals surface area contributed by atoms with E-state index in [0.29, 0.717) is 0 Å². The maximum Gasteiger partial charge on any atom is 0.309 e. The van der Waals surface area contributed by atoms with Crippen LogP contribution in [0.15, 0.2) is 24.3 Å². The molecule has 4 nitrogen and oxygen atoms in total. The van der Waals surface area contributed by atoms with Crippen molar-refractivity contribution in [1.82, 2.24) is 0 Å². The van der Waals surface area contributed by atoms with Gasteiger partial charge in [-0.1, -0.05) is 18.2 Å². The van der Waals surface area contributed by atoms with E-state index >= 15 is 0 Å². The van der Waals surface area contributed by atoms with Gasteiger partial charge in [0.1, 0.15) is 0 Å². The number of hydrogen-bond donors (Lipinski definition) is 0. The predicted octanol–water partition coefficient (Wildman–Crippen LogP) is 2.17. The molecule has 0 saturated heterocycles. The first-order chi connectivity index (χ1) is 9.11. The summed E-state index contributed by atoms with van der Waals surface area (Å²) in [6.07, 6.45) is 4.83. The van der Waals surface area contributed by atoms with Crippen molar-refractivity contribution in [3.8, 4) is 0 Å². The molecule has 0 atom stereocenters. The van der Waals surface area contributed by atoms with Crippen LogP contribution in [-0.4, -0.2) is 25.5 Å². The third-order valence-corrected chi connectivity index (χ3v) is 3.20. The van der Waals surface area contributed by atoms with Gasteiger partial charge < -0.3 is 9.64 Å². The molecule has 0 saturated carbocycles. The van der Waals surface area contributed by atoms with E-state index in [0.717, 1.165) is 24.2 Å². The van der Waals surface area contributed by atoms with E-state index in [2.05, 4.69) is 10.8 Å². The van der Waals surface area contributed by atoms with E-state index in [4.69, 9.17) is 0 Å². The molecule has 1 amide bonds. The molecular weight excluding hydrogens is 242 g/mol. The topological polar surface area (TPSA) is 46.6 Å². The van der Waals surface area contributed by atoms with Gasteiger partial charge in [-0.2, -0.15) is 0 Å². The molecule has 0 aromatic heterocycles. The molecular formula is C15H17NO3. The Kier molecular flexibility index (Phi) is 4.00. The number of carbonyl (C=O) groups excluding carboxylic acids is 2. The summed E-state index contributed by atoms with van der Waals surface area (Å²) in [4.78, 5) is 24.2. The third kappa shape index (κ3) is 3.02. The van der Waals surface area contributed by atoms with Crippen LogP contribution in [0, 0.1) is 0 Å². The van der Waals surface area contributed by atoms with Crippen molar-refractivity contribution in [3.63, 3.8) is 0 Å². The lowest BCUT2D eigenvalue weighted by molar-refractivity contribution is -0.139. The fourth-order valence-electron chi connectivity index (χ4n) is 2.23. The van der Waals surface area contributed by atoms with Gasteiger partial charge in [0.15, 0.2) is 0 Å². The molecule has 4 heteroatoms. The maximum absolute atomic E-state index is 11.4. The van der Waals surface area contributed by atoms with Crippen molar-refractivity contribution in [1.29, 1.82) is 0 Å². The molecule has 0 fully saturated rings. The summed E-state index contributed by atoms with van der Waals surface area (Å²) in [5.74, 6) is -0.173. The highest BCUT2D eigenvalue weighted by molar-refractivity contribution is 5.94. The number of anilines is 1. The van der Waals surface area contributed by atoms with Gasteiger partial charge in [-0.25, -0.2) is 0 Å². The minimum Gasteiger partial charge on any atom is -0.469 e. The second-order valence-electron chi connectivity index (χ2n) is 4.49. The SMILES string of the molecule is COC(=O)CC=Cc1ccc2c(c1)CCN2C(C)=O. The number of fused-ring (bicyclic) bond motifs is 1. The van der Waals surface area contributed by atoms with Crippen LogP contribution in [0.3, 0.4) is 0 Å². The Hall–Kier alpha value is -2.10. The summed E-state index contributed by atoms with van der Waals surface area (Å²) in [5, 5.41) is 0. The smallest absolute Gasteiger partial charge is 0.309 e. The van der Waals surface area contributed by atoms with Crippen LogP contribution in [0.2, 0.25) is 0 Å². The van der Waals surface area contributed by atoms with Crippen molar-refractivity contribution >= 4 is 23.6 Å². The largest absolute Gasteiger partial charge is 0.469 e. The van der Waals surface area contributed by atoms with Gasteiger partial charge in [0.2, 0.25) is 5.91 Å². The zero-order valence-electron chi connectivity index (χ0n) is 11.2. The minimum absolute atomic E-state index is 0.0766. The molecule has 19 heavy (non-hydrogen) atoms. The average molecular weight is 259 g/mol. The molecule has 2 rings (SSSR count). The monoisotopic (exact) mass is 259 g/mol. The Balaban J connectivity index is 2.11. The van der Waals surface area contributed by atoms with Crippen molar-refractivity contribution < 1.29 is 14.3 Å². The zero-order valence-corrected chi connectivity index (χ0v) is 11.2. The van der Waals surface area contributed by atoms with Crippen LogP contribution >= 0.6 is 0 Å². The first-order valence-corrected chi connectivity index (χ1v) is 6.26. The van der Waals surface area contributed by atoms with Crippen molar-refractivity contribution in [2.24, 2.45) is 0 Å². The molecule has 1 heterocycles. The average Bonchev–Trinajstić information content (AvgIpc) is 2.81. The van der Waals surface area contributed by atoms with Crippen LogP contribution in [0.25, 0.3) is 6.08 Å². The summed E-state index contributed by atoms with van der Waals surface area (Å²) < 4.78 is 4.57. The van der Waals surface area contributed by atoms with Gasteiger partial charge >= 0.3 is 5.97 Å². The molecule has 1 aliphatic rings. The first kappa shape index (κ1) is 13.3. The lowest BCUT2D eigenvalue weighted by atomic mass is 10.1. The van der Waals surface area contributed by atoms with Crippen LogP contribution in [-0.2, 0) is 20.7 Å². The molecule has 0 unspecified atom stereocenters. The summed E-state index contributed by atoms with van der Waals surface area (Å²) >= 11 is 0. The summed E-state index contributed by atoms with van der Waals surface area (Å²) in [7, 11) is 1.38. The molecule has 0 spiro atoms. The standard InChI is InChI=1S/C15H17NO3/c1-11(17)16-9-8-13-10-12(6-7-14(13)16)4-3-5-15(18)19-2/h3-4,6-7,10H,5,8-9H2,1-2H3. The molecule has 0 aliphatic carbocycles. The number of methoxy groups -OCH3 is 1. The Bertz CT molecular complexity index is 534. The van der Waals surface area contributed by atoms with E-state index < -0.39 is 0 Å². The van der Waals surface area contributed by atoms with Crippen molar-refractivity contribution in [2.45, 2.75) is 19.8 Å². The number of esters is 1. The maximum atomic E-state index is 11.4. The number of benzene rings is 1. The molecule has 1 aliphatic heterocycles. The van der Waals surface area contributed by atoms with E-state index in [9.17, 15) is 9.59 Å². The Morgan fingerprint density at radius 3 is 2.89 bits per heavy atom. The van der Waals surface area contributed by atoms with E-state index in [1.54, 1.807) is 17.9 Å². The summed E-state index contributed by atoms with van der Waals surface area (Å²) in [5.41, 5.74) is 3.21. The Labute approximate surface area is 112 Å². The third-order valence-electron chi connectivity index (χ3n) is 3.20. The molecule has 0 N–H and O–H groups in total. The zero-order chi connectivity index (χ0) is 13.8. The van der Waals surface area contributed by atoms with Gasteiger partial charge in [-0.3, -0.25) is 9.59 Å². The molecule has 0 bridgehead atoms. The molecule has 100 valence electrons. The van der Waals surface area contributed by atoms with E-state index in [1.165, 1.54) is 12.7 Å². The van der Waals surface area contributed by atoms with Crippen LogP contribution in [0.1, 0.15) is 24.5 Å². The van der Waals surface area contributed by atoms with Gasteiger partial charge in [0, 0.05) is 19.2 Å². The lowest BCUT2D eigenvalue weighted by Gasteiger charge is -2.14. The fraction of sp³-hybridized carbons (Fsp3) is 0.333. The highest BCUT2D eigenvalue weighted by Gasteiger charge is 2.21. The fourth-order valence-corrected chi connectivity index (χ4v) is 2.23. The second kappa shape index (κ2) is 5.69. The van der Waals surface area contributed by atoms with Crippen LogP contribution in [0.5, 0.6) is 0 Å². The minimum atomic E-state index is -0.250. The van der Waals surface area contributed by atoms with Crippen LogP contribution in [0.4, 0.5) is 5.69 Å². The number of nitrogens with zero attached hydrogens (tertiary/aromatic N) is 1. The van der Waals surface area contributed by atoms with E-state index in [-0.39, 0.29) is 18.3 Å². The Morgan fingerprint density at radius 1 is 1.42 bits per heavy atom.